The number of hydrogen-bond acceptors (Lipinski definition) is 9. The number of piperidine rings is 1. The topological polar surface area (TPSA) is 113 Å². The van der Waals surface area contributed by atoms with Gasteiger partial charge in [0.1, 0.15) is 10.8 Å². The maximum absolute atomic E-state index is 8.36. The van der Waals surface area contributed by atoms with Crippen LogP contribution in [0.4, 0.5) is 5.82 Å². The van der Waals surface area contributed by atoms with E-state index < -0.39 is 0 Å². The number of hydrogen-bond donors (Lipinski definition) is 2. The van der Waals surface area contributed by atoms with E-state index in [0.717, 1.165) is 69.2 Å². The minimum absolute atomic E-state index is 0.0389. The zero-order valence-corrected chi connectivity index (χ0v) is 25.0. The van der Waals surface area contributed by atoms with Crippen molar-refractivity contribution in [3.8, 4) is 22.9 Å². The maximum Gasteiger partial charge on any atom is 0.290 e. The molecule has 0 aromatic carbocycles. The van der Waals surface area contributed by atoms with Crippen molar-refractivity contribution in [2.75, 3.05) is 51.3 Å². The van der Waals surface area contributed by atoms with E-state index in [1.807, 2.05) is 19.1 Å². The largest absolute Gasteiger partial charge is 0.495 e. The van der Waals surface area contributed by atoms with E-state index in [1.165, 1.54) is 24.1 Å². The van der Waals surface area contributed by atoms with Crippen LogP contribution in [0.15, 0.2) is 42.7 Å². The Morgan fingerprint density at radius 1 is 1.19 bits per heavy atom. The van der Waals surface area contributed by atoms with Crippen molar-refractivity contribution >= 4 is 23.9 Å². The summed E-state index contributed by atoms with van der Waals surface area (Å²) < 4.78 is 11.3. The first-order valence-corrected chi connectivity index (χ1v) is 14.9. The van der Waals surface area contributed by atoms with Gasteiger partial charge in [0.15, 0.2) is 5.82 Å². The molecule has 1 atom stereocenters. The Balaban J connectivity index is 0.00000113. The van der Waals surface area contributed by atoms with Gasteiger partial charge in [0.2, 0.25) is 5.88 Å². The van der Waals surface area contributed by atoms with Crippen LogP contribution in [0.3, 0.4) is 0 Å². The molecule has 1 spiro atoms. The number of pyridine rings is 3. The Hall–Kier alpha value is -3.47. The normalized spacial score (nSPS) is 19.5. The van der Waals surface area contributed by atoms with Crippen molar-refractivity contribution in [1.29, 1.82) is 0 Å². The summed E-state index contributed by atoms with van der Waals surface area (Å²) in [6.07, 6.45) is 8.08. The predicted octanol–water partition coefficient (Wildman–Crippen LogP) is 4.41. The summed E-state index contributed by atoms with van der Waals surface area (Å²) >= 11 is 6.66. The summed E-state index contributed by atoms with van der Waals surface area (Å²) in [6.45, 7) is 8.15. The minimum atomic E-state index is -0.250. The van der Waals surface area contributed by atoms with Crippen molar-refractivity contribution in [2.45, 2.75) is 50.6 Å². The second-order valence-corrected chi connectivity index (χ2v) is 11.3. The monoisotopic (exact) mass is 594 g/mol. The molecule has 3 aromatic heterocycles. The quantitative estimate of drug-likeness (QED) is 0.381. The second-order valence-electron chi connectivity index (χ2n) is 11.0. The zero-order valence-electron chi connectivity index (χ0n) is 24.3. The van der Waals surface area contributed by atoms with Crippen molar-refractivity contribution in [2.24, 2.45) is 0 Å². The Morgan fingerprint density at radius 3 is 2.71 bits per heavy atom. The number of carbonyl (C=O) groups is 1. The maximum atomic E-state index is 8.36. The minimum Gasteiger partial charge on any atom is -0.495 e. The molecule has 2 N–H and O–H groups in total. The Morgan fingerprint density at radius 2 is 2.00 bits per heavy atom. The van der Waals surface area contributed by atoms with Crippen molar-refractivity contribution < 1.29 is 19.4 Å². The number of aromatic nitrogens is 3. The van der Waals surface area contributed by atoms with Crippen LogP contribution in [-0.2, 0) is 16.8 Å². The molecular formula is C31H39ClN6O4. The molecule has 3 aliphatic rings. The molecule has 10 nitrogen and oxygen atoms in total. The highest BCUT2D eigenvalue weighted by molar-refractivity contribution is 6.34. The van der Waals surface area contributed by atoms with Crippen LogP contribution < -0.4 is 19.7 Å². The van der Waals surface area contributed by atoms with Gasteiger partial charge in [-0.25, -0.2) is 9.97 Å². The van der Waals surface area contributed by atoms with E-state index in [9.17, 15) is 0 Å². The van der Waals surface area contributed by atoms with Crippen molar-refractivity contribution in [3.05, 3.63) is 59.0 Å². The number of nitrogens with zero attached hydrogens (tertiary/aromatic N) is 5. The van der Waals surface area contributed by atoms with Crippen molar-refractivity contribution in [3.63, 3.8) is 0 Å². The van der Waals surface area contributed by atoms with Gasteiger partial charge < -0.3 is 24.8 Å². The van der Waals surface area contributed by atoms with Crippen LogP contribution in [0.1, 0.15) is 43.9 Å². The number of ether oxygens (including phenoxy) is 2. The summed E-state index contributed by atoms with van der Waals surface area (Å²) in [7, 11) is 1.65. The number of nitrogens with one attached hydrogen (secondary N) is 1. The van der Waals surface area contributed by atoms with Crippen LogP contribution in [0.2, 0.25) is 5.02 Å². The van der Waals surface area contributed by atoms with E-state index in [0.29, 0.717) is 29.3 Å². The van der Waals surface area contributed by atoms with E-state index >= 15 is 0 Å². The molecule has 0 bridgehead atoms. The summed E-state index contributed by atoms with van der Waals surface area (Å²) in [4.78, 5) is 27.6. The first-order chi connectivity index (χ1) is 20.5. The van der Waals surface area contributed by atoms with Gasteiger partial charge in [0, 0.05) is 62.6 Å². The molecule has 2 fully saturated rings. The third-order valence-corrected chi connectivity index (χ3v) is 8.84. The molecular weight excluding hydrogens is 556 g/mol. The van der Waals surface area contributed by atoms with Crippen LogP contribution in [0.25, 0.3) is 11.3 Å². The molecule has 3 aliphatic heterocycles. The van der Waals surface area contributed by atoms with Gasteiger partial charge in [-0.2, -0.15) is 0 Å². The fourth-order valence-electron chi connectivity index (χ4n) is 6.59. The molecule has 6 heterocycles. The lowest BCUT2D eigenvalue weighted by atomic mass is 9.69. The molecule has 3 aromatic rings. The van der Waals surface area contributed by atoms with Crippen molar-refractivity contribution in [1.82, 2.24) is 25.2 Å². The number of carboxylic acid groups (broad SMARTS) is 1. The molecule has 0 saturated carbocycles. The molecule has 0 amide bonds. The number of fused-ring (bicyclic) bond motifs is 2. The van der Waals surface area contributed by atoms with Crippen LogP contribution in [0, 0.1) is 0 Å². The molecule has 224 valence electrons. The molecule has 0 aliphatic carbocycles. The lowest BCUT2D eigenvalue weighted by Crippen LogP contribution is -2.54. The van der Waals surface area contributed by atoms with E-state index in [2.05, 4.69) is 43.3 Å². The third-order valence-electron chi connectivity index (χ3n) is 8.49. The smallest absolute Gasteiger partial charge is 0.290 e. The summed E-state index contributed by atoms with van der Waals surface area (Å²) in [5, 5.41) is 11.2. The van der Waals surface area contributed by atoms with Gasteiger partial charge in [0.25, 0.3) is 6.47 Å². The summed E-state index contributed by atoms with van der Waals surface area (Å²) in [5.41, 5.74) is 4.46. The molecule has 0 radical (unpaired) electrons. The SMILES string of the molecule is CCOc1ncccc1-c1ccc2c(n1)CN(C[C@H]1CCCN1)CC21CCN(c2nccc(OC)c2Cl)CC1.O=CO. The number of halogens is 1. The Kier molecular flexibility index (Phi) is 9.76. The Labute approximate surface area is 252 Å². The van der Waals surface area contributed by atoms with Crippen LogP contribution in [-0.4, -0.2) is 83.9 Å². The summed E-state index contributed by atoms with van der Waals surface area (Å²) in [6, 6.07) is 10.8. The fourth-order valence-corrected chi connectivity index (χ4v) is 6.90. The summed E-state index contributed by atoms with van der Waals surface area (Å²) in [5.74, 6) is 2.11. The highest BCUT2D eigenvalue weighted by Gasteiger charge is 2.43. The highest BCUT2D eigenvalue weighted by atomic mass is 35.5. The third kappa shape index (κ3) is 6.30. The van der Waals surface area contributed by atoms with E-state index in [-0.39, 0.29) is 11.9 Å². The molecule has 0 unspecified atom stereocenters. The lowest BCUT2D eigenvalue weighted by molar-refractivity contribution is -0.122. The number of methoxy groups -OCH3 is 1. The van der Waals surface area contributed by atoms with Crippen LogP contribution >= 0.6 is 11.6 Å². The van der Waals surface area contributed by atoms with E-state index in [1.54, 1.807) is 19.5 Å². The standard InChI is InChI=1S/C30H37ClN6O2.CH2O2/c1-3-39-29-22(7-5-14-34-29)24-9-8-23-25(35-24)19-36(18-21-6-4-13-32-21)20-30(23)11-16-37(17-12-30)28-27(31)26(38-2)10-15-33-28;2-1-3/h5,7-10,14-15,21,32H,3-4,6,11-13,16-20H2,1-2H3;1H,(H,2,3)/t21-;/m1./s1. The van der Waals surface area contributed by atoms with Gasteiger partial charge >= 0.3 is 0 Å². The average molecular weight is 595 g/mol. The van der Waals surface area contributed by atoms with E-state index in [4.69, 9.17) is 36.0 Å². The number of anilines is 1. The molecule has 2 saturated heterocycles. The fraction of sp³-hybridized carbons (Fsp3) is 0.484. The average Bonchev–Trinajstić information content (AvgIpc) is 3.52. The Bertz CT molecular complexity index is 1360. The number of rotatable bonds is 7. The predicted molar refractivity (Wildman–Crippen MR) is 163 cm³/mol. The lowest BCUT2D eigenvalue weighted by Gasteiger charge is -2.49. The van der Waals surface area contributed by atoms with Gasteiger partial charge in [-0.1, -0.05) is 17.7 Å². The molecule has 6 rings (SSSR count). The first-order valence-electron chi connectivity index (χ1n) is 14.6. The van der Waals surface area contributed by atoms with Gasteiger partial charge in [-0.3, -0.25) is 14.7 Å². The van der Waals surface area contributed by atoms with Crippen LogP contribution in [0.5, 0.6) is 11.6 Å². The van der Waals surface area contributed by atoms with Gasteiger partial charge in [0.05, 0.1) is 30.7 Å². The molecule has 42 heavy (non-hydrogen) atoms. The second kappa shape index (κ2) is 13.7. The van der Waals surface area contributed by atoms with Gasteiger partial charge in [-0.05, 0) is 62.9 Å². The zero-order chi connectivity index (χ0) is 29.5. The highest BCUT2D eigenvalue weighted by Crippen LogP contribution is 2.44. The first kappa shape index (κ1) is 30.0. The van der Waals surface area contributed by atoms with Gasteiger partial charge in [-0.15, -0.1) is 0 Å². The molecule has 11 heteroatoms.